The minimum absolute atomic E-state index is 0.172. The van der Waals surface area contributed by atoms with Crippen LogP contribution in [0.2, 0.25) is 0 Å². The van der Waals surface area contributed by atoms with E-state index in [1.807, 2.05) is 31.2 Å². The van der Waals surface area contributed by atoms with Crippen molar-refractivity contribution in [3.05, 3.63) is 60.1 Å². The molecule has 1 heterocycles. The number of rotatable bonds is 6. The van der Waals surface area contributed by atoms with Gasteiger partial charge in [0.2, 0.25) is 5.91 Å². The Morgan fingerprint density at radius 1 is 1.30 bits per heavy atom. The third-order valence-electron chi connectivity index (χ3n) is 2.63. The van der Waals surface area contributed by atoms with Crippen molar-refractivity contribution in [3.8, 4) is 5.75 Å². The standard InChI is InChI=1S/C16H17NO3/c1-13-4-6-15(7-5-13)20-12-10-17-16(18)9-8-14-3-2-11-19-14/h2-9,11H,10,12H2,1H3,(H,17,18)/b9-8+. The van der Waals surface area contributed by atoms with Crippen LogP contribution in [0.4, 0.5) is 0 Å². The lowest BCUT2D eigenvalue weighted by Gasteiger charge is -2.06. The molecule has 2 rings (SSSR count). The molecule has 104 valence electrons. The molecule has 1 N–H and O–H groups in total. The topological polar surface area (TPSA) is 51.5 Å². The summed E-state index contributed by atoms with van der Waals surface area (Å²) in [7, 11) is 0. The van der Waals surface area contributed by atoms with Crippen LogP contribution in [0.3, 0.4) is 0 Å². The molecular weight excluding hydrogens is 254 g/mol. The van der Waals surface area contributed by atoms with Crippen LogP contribution in [0.25, 0.3) is 6.08 Å². The quantitative estimate of drug-likeness (QED) is 0.649. The van der Waals surface area contributed by atoms with Gasteiger partial charge >= 0.3 is 0 Å². The van der Waals surface area contributed by atoms with Gasteiger partial charge in [-0.3, -0.25) is 4.79 Å². The summed E-state index contributed by atoms with van der Waals surface area (Å²) in [5.41, 5.74) is 1.19. The van der Waals surface area contributed by atoms with Crippen LogP contribution in [0.5, 0.6) is 5.75 Å². The summed E-state index contributed by atoms with van der Waals surface area (Å²) in [6.45, 7) is 2.91. The van der Waals surface area contributed by atoms with Crippen molar-refractivity contribution >= 4 is 12.0 Å². The summed E-state index contributed by atoms with van der Waals surface area (Å²) in [5.74, 6) is 1.28. The van der Waals surface area contributed by atoms with Crippen molar-refractivity contribution in [2.24, 2.45) is 0 Å². The van der Waals surface area contributed by atoms with E-state index in [1.165, 1.54) is 11.6 Å². The van der Waals surface area contributed by atoms with E-state index in [4.69, 9.17) is 9.15 Å². The van der Waals surface area contributed by atoms with E-state index < -0.39 is 0 Å². The van der Waals surface area contributed by atoms with Crippen molar-refractivity contribution in [2.45, 2.75) is 6.92 Å². The lowest BCUT2D eigenvalue weighted by atomic mass is 10.2. The summed E-state index contributed by atoms with van der Waals surface area (Å²) in [6, 6.07) is 11.3. The summed E-state index contributed by atoms with van der Waals surface area (Å²) in [6.07, 6.45) is 4.62. The molecule has 2 aromatic rings. The van der Waals surface area contributed by atoms with Gasteiger partial charge in [0.05, 0.1) is 12.8 Å². The van der Waals surface area contributed by atoms with Gasteiger partial charge in [-0.25, -0.2) is 0 Å². The zero-order valence-corrected chi connectivity index (χ0v) is 11.3. The second-order valence-corrected chi connectivity index (χ2v) is 4.30. The number of carbonyl (C=O) groups is 1. The van der Waals surface area contributed by atoms with Gasteiger partial charge in [-0.05, 0) is 37.3 Å². The maximum Gasteiger partial charge on any atom is 0.244 e. The molecule has 0 unspecified atom stereocenters. The van der Waals surface area contributed by atoms with Gasteiger partial charge < -0.3 is 14.5 Å². The fourth-order valence-electron chi connectivity index (χ4n) is 1.58. The molecule has 20 heavy (non-hydrogen) atoms. The second kappa shape index (κ2) is 7.19. The first-order chi connectivity index (χ1) is 9.74. The molecule has 4 nitrogen and oxygen atoms in total. The van der Waals surface area contributed by atoms with Crippen LogP contribution < -0.4 is 10.1 Å². The van der Waals surface area contributed by atoms with Gasteiger partial charge in [-0.2, -0.15) is 0 Å². The van der Waals surface area contributed by atoms with Crippen LogP contribution in [-0.2, 0) is 4.79 Å². The van der Waals surface area contributed by atoms with E-state index in [1.54, 1.807) is 24.5 Å². The van der Waals surface area contributed by atoms with Crippen molar-refractivity contribution < 1.29 is 13.9 Å². The molecular formula is C16H17NO3. The molecule has 1 aromatic carbocycles. The van der Waals surface area contributed by atoms with Crippen molar-refractivity contribution in [3.63, 3.8) is 0 Å². The lowest BCUT2D eigenvalue weighted by molar-refractivity contribution is -0.116. The number of hydrogen-bond acceptors (Lipinski definition) is 3. The second-order valence-electron chi connectivity index (χ2n) is 4.30. The number of benzene rings is 1. The van der Waals surface area contributed by atoms with Crippen LogP contribution in [0.15, 0.2) is 53.2 Å². The van der Waals surface area contributed by atoms with Crippen LogP contribution in [0.1, 0.15) is 11.3 Å². The number of ether oxygens (including phenoxy) is 1. The summed E-state index contributed by atoms with van der Waals surface area (Å²) < 4.78 is 10.6. The molecule has 0 aliphatic rings. The molecule has 0 saturated heterocycles. The first-order valence-electron chi connectivity index (χ1n) is 6.43. The molecule has 0 fully saturated rings. The fourth-order valence-corrected chi connectivity index (χ4v) is 1.58. The Hall–Kier alpha value is -2.49. The first-order valence-corrected chi connectivity index (χ1v) is 6.43. The number of carbonyl (C=O) groups excluding carboxylic acids is 1. The smallest absolute Gasteiger partial charge is 0.244 e. The average Bonchev–Trinajstić information content (AvgIpc) is 2.96. The van der Waals surface area contributed by atoms with E-state index in [2.05, 4.69) is 5.32 Å². The maximum absolute atomic E-state index is 11.5. The van der Waals surface area contributed by atoms with E-state index in [0.717, 1.165) is 5.75 Å². The highest BCUT2D eigenvalue weighted by molar-refractivity contribution is 5.91. The van der Waals surface area contributed by atoms with E-state index in [9.17, 15) is 4.79 Å². The van der Waals surface area contributed by atoms with Gasteiger partial charge in [0.1, 0.15) is 18.1 Å². The molecule has 0 aliphatic carbocycles. The molecule has 0 spiro atoms. The fraction of sp³-hybridized carbons (Fsp3) is 0.188. The van der Waals surface area contributed by atoms with Crippen LogP contribution in [-0.4, -0.2) is 19.1 Å². The Morgan fingerprint density at radius 3 is 2.80 bits per heavy atom. The Morgan fingerprint density at radius 2 is 2.10 bits per heavy atom. The summed E-state index contributed by atoms with van der Waals surface area (Å²) >= 11 is 0. The highest BCUT2D eigenvalue weighted by Gasteiger charge is 1.97. The Kier molecular flexibility index (Phi) is 5.00. The van der Waals surface area contributed by atoms with Crippen LogP contribution in [0, 0.1) is 6.92 Å². The van der Waals surface area contributed by atoms with Crippen molar-refractivity contribution in [1.29, 1.82) is 0 Å². The van der Waals surface area contributed by atoms with Crippen molar-refractivity contribution in [2.75, 3.05) is 13.2 Å². The summed E-state index contributed by atoms with van der Waals surface area (Å²) in [5, 5.41) is 2.73. The van der Waals surface area contributed by atoms with Gasteiger partial charge in [-0.1, -0.05) is 17.7 Å². The summed E-state index contributed by atoms with van der Waals surface area (Å²) in [4.78, 5) is 11.5. The molecule has 0 atom stereocenters. The number of nitrogens with one attached hydrogen (secondary N) is 1. The molecule has 0 radical (unpaired) electrons. The molecule has 0 saturated carbocycles. The van der Waals surface area contributed by atoms with E-state index >= 15 is 0 Å². The number of aryl methyl sites for hydroxylation is 1. The number of hydrogen-bond donors (Lipinski definition) is 1. The van der Waals surface area contributed by atoms with Gasteiger partial charge in [0, 0.05) is 6.08 Å². The monoisotopic (exact) mass is 271 g/mol. The van der Waals surface area contributed by atoms with Crippen molar-refractivity contribution in [1.82, 2.24) is 5.32 Å². The Bertz CT molecular complexity index is 556. The van der Waals surface area contributed by atoms with Gasteiger partial charge in [-0.15, -0.1) is 0 Å². The molecule has 1 amide bonds. The zero-order chi connectivity index (χ0) is 14.2. The largest absolute Gasteiger partial charge is 0.492 e. The SMILES string of the molecule is Cc1ccc(OCCNC(=O)/C=C/c2ccco2)cc1. The predicted octanol–water partition coefficient (Wildman–Crippen LogP) is 2.80. The highest BCUT2D eigenvalue weighted by atomic mass is 16.5. The normalized spacial score (nSPS) is 10.7. The predicted molar refractivity (Wildman–Crippen MR) is 77.4 cm³/mol. The highest BCUT2D eigenvalue weighted by Crippen LogP contribution is 2.10. The average molecular weight is 271 g/mol. The maximum atomic E-state index is 11.5. The Labute approximate surface area is 118 Å². The number of amides is 1. The zero-order valence-electron chi connectivity index (χ0n) is 11.3. The first kappa shape index (κ1) is 13.9. The third-order valence-corrected chi connectivity index (χ3v) is 2.63. The van der Waals surface area contributed by atoms with Gasteiger partial charge in [0.25, 0.3) is 0 Å². The van der Waals surface area contributed by atoms with Gasteiger partial charge in [0.15, 0.2) is 0 Å². The third kappa shape index (κ3) is 4.65. The molecule has 0 bridgehead atoms. The van der Waals surface area contributed by atoms with E-state index in [0.29, 0.717) is 18.9 Å². The van der Waals surface area contributed by atoms with E-state index in [-0.39, 0.29) is 5.91 Å². The van der Waals surface area contributed by atoms with Crippen LogP contribution >= 0.6 is 0 Å². The minimum atomic E-state index is -0.172. The molecule has 1 aromatic heterocycles. The molecule has 0 aliphatic heterocycles. The number of furan rings is 1. The Balaban J connectivity index is 1.65. The lowest BCUT2D eigenvalue weighted by Crippen LogP contribution is -2.26. The minimum Gasteiger partial charge on any atom is -0.492 e. The molecule has 4 heteroatoms.